The molecule has 3 amide bonds. The van der Waals surface area contributed by atoms with Gasteiger partial charge in [0.05, 0.1) is 37.7 Å². The van der Waals surface area contributed by atoms with E-state index in [1.165, 1.54) is 4.90 Å². The average molecular weight is 542 g/mol. The Labute approximate surface area is 232 Å². The van der Waals surface area contributed by atoms with Crippen LogP contribution in [0.25, 0.3) is 0 Å². The molecule has 3 fully saturated rings. The molecule has 3 saturated heterocycles. The third kappa shape index (κ3) is 4.22. The Morgan fingerprint density at radius 3 is 2.25 bits per heavy atom. The normalized spacial score (nSPS) is 27.2. The minimum atomic E-state index is -1.20. The van der Waals surface area contributed by atoms with Gasteiger partial charge in [0.1, 0.15) is 17.4 Å². The van der Waals surface area contributed by atoms with Gasteiger partial charge < -0.3 is 30.1 Å². The van der Waals surface area contributed by atoms with E-state index >= 15 is 0 Å². The number of amides is 3. The number of hydrogen-bond acceptors (Lipinski definition) is 6. The molecule has 1 spiro atoms. The van der Waals surface area contributed by atoms with Gasteiger partial charge in [0.2, 0.25) is 17.7 Å². The number of rotatable bonds is 8. The number of nitrogens with zero attached hydrogens (tertiary/aromatic N) is 1. The van der Waals surface area contributed by atoms with Crippen molar-refractivity contribution >= 4 is 29.1 Å². The van der Waals surface area contributed by atoms with E-state index in [9.17, 15) is 19.5 Å². The molecule has 6 rings (SSSR count). The van der Waals surface area contributed by atoms with E-state index in [0.717, 1.165) is 0 Å². The number of aliphatic hydroxyl groups is 1. The second kappa shape index (κ2) is 10.4. The molecule has 0 aromatic heterocycles. The molecule has 2 bridgehead atoms. The Balaban J connectivity index is 1.38. The largest absolute Gasteiger partial charge is 0.497 e. The molecule has 0 aliphatic carbocycles. The summed E-state index contributed by atoms with van der Waals surface area (Å²) in [4.78, 5) is 43.5. The van der Waals surface area contributed by atoms with E-state index in [-0.39, 0.29) is 11.8 Å². The Kier molecular flexibility index (Phi) is 6.77. The summed E-state index contributed by atoms with van der Waals surface area (Å²) < 4.78 is 11.7. The van der Waals surface area contributed by atoms with Gasteiger partial charge >= 0.3 is 0 Å². The molecule has 9 heteroatoms. The molecule has 3 aliphatic rings. The molecule has 3 aromatic rings. The number of likely N-dealkylation sites (tertiary alicyclic amines) is 1. The first-order valence-corrected chi connectivity index (χ1v) is 13.4. The van der Waals surface area contributed by atoms with Crippen molar-refractivity contribution in [2.45, 2.75) is 36.6 Å². The summed E-state index contributed by atoms with van der Waals surface area (Å²) in [6, 6.07) is 23.2. The third-order valence-electron chi connectivity index (χ3n) is 8.38. The second-order valence-corrected chi connectivity index (χ2v) is 10.5. The van der Waals surface area contributed by atoms with Crippen molar-refractivity contribution in [2.75, 3.05) is 24.4 Å². The summed E-state index contributed by atoms with van der Waals surface area (Å²) in [5.74, 6) is -2.10. The predicted molar refractivity (Wildman–Crippen MR) is 147 cm³/mol. The van der Waals surface area contributed by atoms with Crippen molar-refractivity contribution in [3.8, 4) is 5.75 Å². The Morgan fingerprint density at radius 1 is 0.975 bits per heavy atom. The van der Waals surface area contributed by atoms with E-state index in [1.807, 2.05) is 48.5 Å². The number of methoxy groups -OCH3 is 1. The lowest BCUT2D eigenvalue weighted by molar-refractivity contribution is -0.143. The Morgan fingerprint density at radius 2 is 1.60 bits per heavy atom. The molecule has 3 N–H and O–H groups in total. The average Bonchev–Trinajstić information content (AvgIpc) is 3.63. The lowest BCUT2D eigenvalue weighted by atomic mass is 9.70. The Hall–Kier alpha value is -4.21. The van der Waals surface area contributed by atoms with Crippen molar-refractivity contribution < 1.29 is 29.0 Å². The van der Waals surface area contributed by atoms with Crippen molar-refractivity contribution in [1.29, 1.82) is 0 Å². The molecule has 6 atom stereocenters. The smallest absolute Gasteiger partial charge is 0.250 e. The zero-order valence-corrected chi connectivity index (χ0v) is 22.0. The van der Waals surface area contributed by atoms with E-state index in [0.29, 0.717) is 35.5 Å². The SMILES string of the molecule is COc1ccc(NC(=O)C2N([C@H](CO)c3ccccc3)C(=O)[C@@H]3[C@H](C(=O)Nc4ccccc4)[C@@H]4CCC23O4)cc1. The fraction of sp³-hybridized carbons (Fsp3) is 0.323. The summed E-state index contributed by atoms with van der Waals surface area (Å²) in [5, 5.41) is 16.4. The minimum Gasteiger partial charge on any atom is -0.497 e. The van der Waals surface area contributed by atoms with E-state index in [1.54, 1.807) is 43.5 Å². The number of nitrogens with one attached hydrogen (secondary N) is 2. The van der Waals surface area contributed by atoms with Crippen LogP contribution in [0.5, 0.6) is 5.75 Å². The minimum absolute atomic E-state index is 0.312. The molecule has 0 radical (unpaired) electrons. The first-order valence-electron chi connectivity index (χ1n) is 13.4. The van der Waals surface area contributed by atoms with Crippen LogP contribution in [0, 0.1) is 11.8 Å². The maximum Gasteiger partial charge on any atom is 0.250 e. The first kappa shape index (κ1) is 26.0. The highest BCUT2D eigenvalue weighted by molar-refractivity contribution is 6.05. The van der Waals surface area contributed by atoms with Gasteiger partial charge in [0.15, 0.2) is 0 Å². The van der Waals surface area contributed by atoms with Crippen LogP contribution < -0.4 is 15.4 Å². The lowest BCUT2D eigenvalue weighted by Crippen LogP contribution is -2.54. The monoisotopic (exact) mass is 541 g/mol. The first-order chi connectivity index (χ1) is 19.5. The number of anilines is 2. The summed E-state index contributed by atoms with van der Waals surface area (Å²) in [6.45, 7) is -0.394. The van der Waals surface area contributed by atoms with Crippen LogP contribution in [0.4, 0.5) is 11.4 Å². The number of para-hydroxylation sites is 1. The molecule has 3 aromatic carbocycles. The number of aliphatic hydroxyl groups excluding tert-OH is 1. The third-order valence-corrected chi connectivity index (χ3v) is 8.38. The summed E-state index contributed by atoms with van der Waals surface area (Å²) in [6.07, 6.45) is 0.514. The number of carbonyl (C=O) groups excluding carboxylic acids is 3. The van der Waals surface area contributed by atoms with Crippen LogP contribution in [0.15, 0.2) is 84.9 Å². The maximum absolute atomic E-state index is 14.3. The van der Waals surface area contributed by atoms with E-state index < -0.39 is 48.1 Å². The fourth-order valence-corrected chi connectivity index (χ4v) is 6.69. The molecular formula is C31H31N3O6. The molecule has 206 valence electrons. The van der Waals surface area contributed by atoms with E-state index in [2.05, 4.69) is 10.6 Å². The maximum atomic E-state index is 14.3. The number of carbonyl (C=O) groups is 3. The highest BCUT2D eigenvalue weighted by Gasteiger charge is 2.75. The van der Waals surface area contributed by atoms with Crippen LogP contribution in [0.1, 0.15) is 24.4 Å². The zero-order chi connectivity index (χ0) is 27.9. The molecule has 3 heterocycles. The number of hydrogen-bond donors (Lipinski definition) is 3. The standard InChI is InChI=1S/C31H31N3O6/c1-39-22-14-12-21(13-15-22)33-29(37)27-31-17-16-24(40-31)25(28(36)32-20-10-6-3-7-11-20)26(31)30(38)34(27)23(18-35)19-8-4-2-5-9-19/h2-15,23-27,35H,16-18H2,1H3,(H,32,36)(H,33,37)/t23-,24+,25-,26+,27?,31?/m1/s1. The van der Waals surface area contributed by atoms with Crippen molar-refractivity contribution in [3.63, 3.8) is 0 Å². The van der Waals surface area contributed by atoms with Crippen LogP contribution in [0.2, 0.25) is 0 Å². The van der Waals surface area contributed by atoms with Crippen LogP contribution in [-0.4, -0.2) is 59.2 Å². The van der Waals surface area contributed by atoms with Gasteiger partial charge in [-0.25, -0.2) is 0 Å². The number of fused-ring (bicyclic) bond motifs is 1. The van der Waals surface area contributed by atoms with Gasteiger partial charge in [-0.2, -0.15) is 0 Å². The van der Waals surface area contributed by atoms with Gasteiger partial charge in [-0.05, 0) is 54.8 Å². The van der Waals surface area contributed by atoms with Gasteiger partial charge in [-0.15, -0.1) is 0 Å². The van der Waals surface area contributed by atoms with Crippen molar-refractivity contribution in [2.24, 2.45) is 11.8 Å². The van der Waals surface area contributed by atoms with Gasteiger partial charge in [-0.1, -0.05) is 48.5 Å². The zero-order valence-electron chi connectivity index (χ0n) is 22.0. The van der Waals surface area contributed by atoms with Crippen LogP contribution in [-0.2, 0) is 19.1 Å². The second-order valence-electron chi connectivity index (χ2n) is 10.5. The highest BCUT2D eigenvalue weighted by Crippen LogP contribution is 2.59. The molecule has 40 heavy (non-hydrogen) atoms. The fourth-order valence-electron chi connectivity index (χ4n) is 6.69. The molecule has 2 unspecified atom stereocenters. The van der Waals surface area contributed by atoms with Crippen LogP contribution >= 0.6 is 0 Å². The molecular weight excluding hydrogens is 510 g/mol. The number of ether oxygens (including phenoxy) is 2. The molecule has 3 aliphatic heterocycles. The van der Waals surface area contributed by atoms with Crippen LogP contribution in [0.3, 0.4) is 0 Å². The summed E-state index contributed by atoms with van der Waals surface area (Å²) in [5.41, 5.74) is 0.651. The van der Waals surface area contributed by atoms with Crippen molar-refractivity contribution in [1.82, 2.24) is 4.90 Å². The topological polar surface area (TPSA) is 117 Å². The Bertz CT molecular complexity index is 1400. The van der Waals surface area contributed by atoms with Gasteiger partial charge in [0, 0.05) is 11.4 Å². The van der Waals surface area contributed by atoms with Gasteiger partial charge in [0.25, 0.3) is 0 Å². The predicted octanol–water partition coefficient (Wildman–Crippen LogP) is 3.38. The summed E-state index contributed by atoms with van der Waals surface area (Å²) >= 11 is 0. The van der Waals surface area contributed by atoms with Gasteiger partial charge in [-0.3, -0.25) is 14.4 Å². The summed E-state index contributed by atoms with van der Waals surface area (Å²) in [7, 11) is 1.56. The molecule has 0 saturated carbocycles. The number of benzene rings is 3. The lowest BCUT2D eigenvalue weighted by Gasteiger charge is -2.36. The quantitative estimate of drug-likeness (QED) is 0.403. The molecule has 9 nitrogen and oxygen atoms in total. The highest BCUT2D eigenvalue weighted by atomic mass is 16.5. The van der Waals surface area contributed by atoms with E-state index in [4.69, 9.17) is 9.47 Å². The van der Waals surface area contributed by atoms with Crippen molar-refractivity contribution in [3.05, 3.63) is 90.5 Å².